The third-order valence-corrected chi connectivity index (χ3v) is 10.1. The predicted octanol–water partition coefficient (Wildman–Crippen LogP) is 12.1. The van der Waals surface area contributed by atoms with Gasteiger partial charge in [0.15, 0.2) is 16.7 Å². The van der Waals surface area contributed by atoms with E-state index in [1.54, 1.807) is 21.3 Å². The molecule has 9 heteroatoms. The lowest BCUT2D eigenvalue weighted by atomic mass is 9.92. The predicted molar refractivity (Wildman–Crippen MR) is 221 cm³/mol. The van der Waals surface area contributed by atoms with E-state index in [0.717, 1.165) is 83.9 Å². The summed E-state index contributed by atoms with van der Waals surface area (Å²) in [7, 11) is 4.91. The number of oxazole rings is 3. The van der Waals surface area contributed by atoms with Gasteiger partial charge in [0.1, 0.15) is 33.8 Å². The second kappa shape index (κ2) is 13.9. The number of methoxy groups -OCH3 is 3. The van der Waals surface area contributed by atoms with Crippen LogP contribution in [0.15, 0.2) is 159 Å². The summed E-state index contributed by atoms with van der Waals surface area (Å²) in [6, 6.07) is 48.4. The van der Waals surface area contributed by atoms with Crippen LogP contribution >= 0.6 is 0 Å². The van der Waals surface area contributed by atoms with E-state index in [4.69, 9.17) is 42.4 Å². The zero-order valence-electron chi connectivity index (χ0n) is 31.1. The van der Waals surface area contributed by atoms with Crippen molar-refractivity contribution < 1.29 is 27.5 Å². The number of hydrogen-bond donors (Lipinski definition) is 0. The molecular weight excluding hydrogens is 715 g/mol. The van der Waals surface area contributed by atoms with Gasteiger partial charge in [-0.2, -0.15) is 0 Å². The smallest absolute Gasteiger partial charge is 0.227 e. The molecule has 0 radical (unpaired) electrons. The van der Waals surface area contributed by atoms with Crippen LogP contribution in [0.4, 0.5) is 0 Å². The molecule has 0 atom stereocenters. The van der Waals surface area contributed by atoms with Crippen molar-refractivity contribution in [3.8, 4) is 85.0 Å². The quantitative estimate of drug-likeness (QED) is 0.143. The molecule has 3 heterocycles. The van der Waals surface area contributed by atoms with Crippen LogP contribution < -0.4 is 14.2 Å². The third-order valence-electron chi connectivity index (χ3n) is 10.1. The Balaban J connectivity index is 1.01. The summed E-state index contributed by atoms with van der Waals surface area (Å²) in [5.74, 6) is 3.82. The fourth-order valence-corrected chi connectivity index (χ4v) is 7.01. The van der Waals surface area contributed by atoms with Crippen molar-refractivity contribution in [2.45, 2.75) is 0 Å². The Kier molecular flexibility index (Phi) is 8.26. The Morgan fingerprint density at radius 1 is 0.298 bits per heavy atom. The molecule has 0 aliphatic carbocycles. The van der Waals surface area contributed by atoms with Crippen LogP contribution in [0.5, 0.6) is 17.2 Å². The summed E-state index contributed by atoms with van der Waals surface area (Å²) in [6.45, 7) is 0. The highest BCUT2D eigenvalue weighted by Crippen LogP contribution is 2.37. The van der Waals surface area contributed by atoms with Crippen LogP contribution in [0, 0.1) is 0 Å². The molecule has 0 spiro atoms. The van der Waals surface area contributed by atoms with Gasteiger partial charge in [-0.25, -0.2) is 15.0 Å². The van der Waals surface area contributed by atoms with Gasteiger partial charge in [-0.3, -0.25) is 0 Å². The van der Waals surface area contributed by atoms with Crippen LogP contribution in [-0.2, 0) is 0 Å². The highest BCUT2D eigenvalue weighted by Gasteiger charge is 2.15. The minimum atomic E-state index is 0.551. The molecule has 10 aromatic rings. The highest BCUT2D eigenvalue weighted by molar-refractivity contribution is 5.85. The van der Waals surface area contributed by atoms with Crippen molar-refractivity contribution >= 4 is 33.3 Å². The molecule has 7 aromatic carbocycles. The Morgan fingerprint density at radius 2 is 0.561 bits per heavy atom. The average Bonchev–Trinajstić information content (AvgIpc) is 4.02. The minimum Gasteiger partial charge on any atom is -0.497 e. The van der Waals surface area contributed by atoms with Crippen molar-refractivity contribution in [2.75, 3.05) is 21.3 Å². The Hall–Kier alpha value is -7.65. The molecule has 57 heavy (non-hydrogen) atoms. The van der Waals surface area contributed by atoms with Crippen LogP contribution in [0.25, 0.3) is 101 Å². The van der Waals surface area contributed by atoms with E-state index < -0.39 is 0 Å². The van der Waals surface area contributed by atoms with Crippen molar-refractivity contribution in [3.63, 3.8) is 0 Å². The highest BCUT2D eigenvalue weighted by atomic mass is 16.5. The van der Waals surface area contributed by atoms with Crippen molar-refractivity contribution in [1.82, 2.24) is 15.0 Å². The van der Waals surface area contributed by atoms with E-state index in [1.807, 2.05) is 91.0 Å². The topological polar surface area (TPSA) is 106 Å². The lowest BCUT2D eigenvalue weighted by molar-refractivity contribution is 0.414. The lowest BCUT2D eigenvalue weighted by Gasteiger charge is -2.12. The van der Waals surface area contributed by atoms with Crippen LogP contribution in [0.1, 0.15) is 0 Å². The molecule has 0 amide bonds. The Labute approximate surface area is 326 Å². The summed E-state index contributed by atoms with van der Waals surface area (Å²) in [5.41, 5.74) is 13.3. The molecule has 0 fully saturated rings. The molecule has 0 unspecified atom stereocenters. The van der Waals surface area contributed by atoms with Gasteiger partial charge in [-0.05, 0) is 124 Å². The van der Waals surface area contributed by atoms with E-state index in [1.165, 1.54) is 0 Å². The molecule has 0 aliphatic rings. The van der Waals surface area contributed by atoms with E-state index in [0.29, 0.717) is 34.4 Å². The van der Waals surface area contributed by atoms with Crippen molar-refractivity contribution in [2.24, 2.45) is 0 Å². The average molecular weight is 748 g/mol. The summed E-state index contributed by atoms with van der Waals surface area (Å²) in [6.07, 6.45) is 0. The van der Waals surface area contributed by atoms with Gasteiger partial charge in [0.2, 0.25) is 17.7 Å². The van der Waals surface area contributed by atoms with E-state index in [-0.39, 0.29) is 0 Å². The molecule has 0 aliphatic heterocycles. The largest absolute Gasteiger partial charge is 0.497 e. The SMILES string of the molecule is COc1ccc2nc(-c3ccc(-c4cc(-c5ccc(-c6nc7ccc(OC)cc7o6)cc5)cc(-c5ccc(-c6nc7ccc(OC)cc7o6)cc5)c4)cc3)oc2c1. The molecule has 0 saturated heterocycles. The third kappa shape index (κ3) is 6.40. The van der Waals surface area contributed by atoms with Gasteiger partial charge in [0.25, 0.3) is 0 Å². The van der Waals surface area contributed by atoms with Gasteiger partial charge in [0, 0.05) is 34.9 Å². The van der Waals surface area contributed by atoms with Gasteiger partial charge in [-0.15, -0.1) is 0 Å². The van der Waals surface area contributed by atoms with Gasteiger partial charge >= 0.3 is 0 Å². The van der Waals surface area contributed by atoms with Crippen molar-refractivity contribution in [1.29, 1.82) is 0 Å². The zero-order chi connectivity index (χ0) is 38.5. The van der Waals surface area contributed by atoms with Crippen LogP contribution in [0.3, 0.4) is 0 Å². The monoisotopic (exact) mass is 747 g/mol. The summed E-state index contributed by atoms with van der Waals surface area (Å²) in [5, 5.41) is 0. The number of fused-ring (bicyclic) bond motifs is 3. The summed E-state index contributed by atoms with van der Waals surface area (Å²) < 4.78 is 34.4. The molecule has 9 nitrogen and oxygen atoms in total. The molecule has 3 aromatic heterocycles. The van der Waals surface area contributed by atoms with Gasteiger partial charge in [0.05, 0.1) is 21.3 Å². The molecule has 10 rings (SSSR count). The maximum Gasteiger partial charge on any atom is 0.227 e. The Morgan fingerprint density at radius 3 is 0.825 bits per heavy atom. The maximum absolute atomic E-state index is 6.11. The van der Waals surface area contributed by atoms with Crippen LogP contribution in [0.2, 0.25) is 0 Å². The first kappa shape index (κ1) is 33.9. The van der Waals surface area contributed by atoms with E-state index in [9.17, 15) is 0 Å². The lowest BCUT2D eigenvalue weighted by Crippen LogP contribution is -1.88. The number of rotatable bonds is 9. The van der Waals surface area contributed by atoms with E-state index in [2.05, 4.69) is 54.6 Å². The standard InChI is InChI=1S/C48H33N3O6/c1-52-37-16-19-40-43(25-37)55-46(49-40)31-10-4-28(5-11-31)34-22-35(29-6-12-32(13-7-29)47-50-41-20-17-38(53-2)26-44(41)56-47)24-36(23-34)30-8-14-33(15-9-30)48-51-42-21-18-39(54-3)27-45(42)57-48/h4-27H,1-3H3. The molecule has 276 valence electrons. The molecule has 0 saturated carbocycles. The van der Waals surface area contributed by atoms with Gasteiger partial charge < -0.3 is 27.5 Å². The summed E-state index contributed by atoms with van der Waals surface area (Å²) in [4.78, 5) is 14.1. The first-order valence-electron chi connectivity index (χ1n) is 18.3. The number of aromatic nitrogens is 3. The number of ether oxygens (including phenoxy) is 3. The van der Waals surface area contributed by atoms with Gasteiger partial charge in [-0.1, -0.05) is 36.4 Å². The fourth-order valence-electron chi connectivity index (χ4n) is 7.01. The fraction of sp³-hybridized carbons (Fsp3) is 0.0625. The van der Waals surface area contributed by atoms with Crippen molar-refractivity contribution in [3.05, 3.63) is 146 Å². The second-order valence-electron chi connectivity index (χ2n) is 13.6. The zero-order valence-corrected chi connectivity index (χ0v) is 31.1. The minimum absolute atomic E-state index is 0.551. The number of nitrogens with zero attached hydrogens (tertiary/aromatic N) is 3. The normalized spacial score (nSPS) is 11.4. The molecule has 0 N–H and O–H groups in total. The maximum atomic E-state index is 6.11. The molecule has 0 bridgehead atoms. The summed E-state index contributed by atoms with van der Waals surface area (Å²) >= 11 is 0. The first-order chi connectivity index (χ1) is 28.0. The number of hydrogen-bond acceptors (Lipinski definition) is 9. The number of benzene rings is 7. The molecular formula is C48H33N3O6. The van der Waals surface area contributed by atoms with E-state index >= 15 is 0 Å². The first-order valence-corrected chi connectivity index (χ1v) is 18.3. The second-order valence-corrected chi connectivity index (χ2v) is 13.6. The Bertz CT molecular complexity index is 2720. The van der Waals surface area contributed by atoms with Crippen LogP contribution in [-0.4, -0.2) is 36.3 Å².